The minimum absolute atomic E-state index is 0.0473. The lowest BCUT2D eigenvalue weighted by molar-refractivity contribution is 0.598. The van der Waals surface area contributed by atoms with E-state index in [4.69, 9.17) is 22.5 Å². The van der Waals surface area contributed by atoms with Crippen LogP contribution in [0.2, 0.25) is 5.02 Å². The quantitative estimate of drug-likeness (QED) is 0.717. The number of nitrogens with one attached hydrogen (secondary N) is 1. The fourth-order valence-electron chi connectivity index (χ4n) is 1.64. The fraction of sp³-hybridized carbons (Fsp3) is 0. The van der Waals surface area contributed by atoms with Gasteiger partial charge in [0.2, 0.25) is 10.0 Å². The van der Waals surface area contributed by atoms with Gasteiger partial charge in [-0.15, -0.1) is 0 Å². The summed E-state index contributed by atoms with van der Waals surface area (Å²) in [4.78, 5) is -0.131. The highest BCUT2D eigenvalue weighted by Gasteiger charge is 2.15. The van der Waals surface area contributed by atoms with E-state index in [1.165, 1.54) is 6.07 Å². The van der Waals surface area contributed by atoms with E-state index < -0.39 is 10.0 Å². The summed E-state index contributed by atoms with van der Waals surface area (Å²) in [5.41, 5.74) is 6.89. The van der Waals surface area contributed by atoms with Gasteiger partial charge in [0.15, 0.2) is 0 Å². The lowest BCUT2D eigenvalue weighted by atomic mass is 10.2. The van der Waals surface area contributed by atoms with Gasteiger partial charge in [-0.3, -0.25) is 0 Å². The van der Waals surface area contributed by atoms with Gasteiger partial charge in [0.25, 0.3) is 0 Å². The molecule has 2 aromatic rings. The molecule has 0 bridgehead atoms. The van der Waals surface area contributed by atoms with E-state index in [0.29, 0.717) is 16.4 Å². The van der Waals surface area contributed by atoms with Gasteiger partial charge in [-0.25, -0.2) is 13.6 Å². The van der Waals surface area contributed by atoms with Gasteiger partial charge in [0.1, 0.15) is 4.90 Å². The van der Waals surface area contributed by atoms with Gasteiger partial charge in [0, 0.05) is 4.47 Å². The maximum absolute atomic E-state index is 11.4. The topological polar surface area (TPSA) is 98.2 Å². The van der Waals surface area contributed by atoms with Crippen LogP contribution in [0.1, 0.15) is 0 Å². The molecule has 0 aliphatic rings. The molecule has 2 rings (SSSR count). The smallest absolute Gasteiger partial charge is 0.240 e. The number of hydrogen-bond donors (Lipinski definition) is 3. The van der Waals surface area contributed by atoms with Crippen LogP contribution in [0.4, 0.5) is 17.1 Å². The van der Waals surface area contributed by atoms with Crippen LogP contribution in [0.5, 0.6) is 0 Å². The van der Waals surface area contributed by atoms with Crippen LogP contribution in [0.3, 0.4) is 0 Å². The number of anilines is 3. The van der Waals surface area contributed by atoms with Crippen LogP contribution >= 0.6 is 27.5 Å². The molecule has 0 atom stereocenters. The Balaban J connectivity index is 2.47. The second kappa shape index (κ2) is 5.61. The van der Waals surface area contributed by atoms with E-state index >= 15 is 0 Å². The molecule has 0 radical (unpaired) electrons. The molecule has 0 fully saturated rings. The number of hydrogen-bond acceptors (Lipinski definition) is 4. The SMILES string of the molecule is Nc1c(Nc2cc(Br)ccc2Cl)cccc1S(N)(=O)=O. The largest absolute Gasteiger partial charge is 0.396 e. The average Bonchev–Trinajstić information content (AvgIpc) is 2.35. The molecule has 0 heterocycles. The van der Waals surface area contributed by atoms with Crippen molar-refractivity contribution in [2.24, 2.45) is 5.14 Å². The third-order valence-electron chi connectivity index (χ3n) is 2.57. The van der Waals surface area contributed by atoms with Crippen LogP contribution in [0.15, 0.2) is 45.8 Å². The molecular weight excluding hydrogens is 366 g/mol. The van der Waals surface area contributed by atoms with Crippen molar-refractivity contribution in [2.45, 2.75) is 4.90 Å². The zero-order valence-corrected chi connectivity index (χ0v) is 13.3. The van der Waals surface area contributed by atoms with Gasteiger partial charge >= 0.3 is 0 Å². The van der Waals surface area contributed by atoms with Gasteiger partial charge in [-0.05, 0) is 30.3 Å². The summed E-state index contributed by atoms with van der Waals surface area (Å²) in [6.45, 7) is 0. The first-order valence-electron chi connectivity index (χ1n) is 5.42. The number of halogens is 2. The minimum Gasteiger partial charge on any atom is -0.396 e. The first-order valence-corrected chi connectivity index (χ1v) is 8.14. The summed E-state index contributed by atoms with van der Waals surface area (Å²) >= 11 is 9.39. The van der Waals surface area contributed by atoms with E-state index in [-0.39, 0.29) is 10.6 Å². The Kier molecular flexibility index (Phi) is 4.24. The Morgan fingerprint density at radius 2 is 1.85 bits per heavy atom. The third kappa shape index (κ3) is 3.24. The molecule has 106 valence electrons. The van der Waals surface area contributed by atoms with Crippen LogP contribution in [0, 0.1) is 0 Å². The second-order valence-corrected chi connectivity index (χ2v) is 6.86. The summed E-state index contributed by atoms with van der Waals surface area (Å²) < 4.78 is 23.7. The molecule has 2 aromatic carbocycles. The molecule has 5 N–H and O–H groups in total. The summed E-state index contributed by atoms with van der Waals surface area (Å²) in [6, 6.07) is 9.78. The highest BCUT2D eigenvalue weighted by atomic mass is 79.9. The molecule has 0 amide bonds. The highest BCUT2D eigenvalue weighted by Crippen LogP contribution is 2.33. The van der Waals surface area contributed by atoms with Gasteiger partial charge < -0.3 is 11.1 Å². The van der Waals surface area contributed by atoms with Crippen molar-refractivity contribution < 1.29 is 8.42 Å². The Bertz CT molecular complexity index is 765. The normalized spacial score (nSPS) is 11.3. The van der Waals surface area contributed by atoms with Crippen LogP contribution in [-0.4, -0.2) is 8.42 Å². The van der Waals surface area contributed by atoms with E-state index in [2.05, 4.69) is 21.2 Å². The molecule has 0 saturated carbocycles. The van der Waals surface area contributed by atoms with E-state index in [1.807, 2.05) is 0 Å². The van der Waals surface area contributed by atoms with Crippen LogP contribution in [0.25, 0.3) is 0 Å². The number of sulfonamides is 1. The molecule has 8 heteroatoms. The molecule has 20 heavy (non-hydrogen) atoms. The predicted octanol–water partition coefficient (Wildman–Crippen LogP) is 3.08. The first-order chi connectivity index (χ1) is 9.29. The van der Waals surface area contributed by atoms with Crippen molar-refractivity contribution in [3.8, 4) is 0 Å². The number of primary sulfonamides is 1. The van der Waals surface area contributed by atoms with Gasteiger partial charge in [-0.2, -0.15) is 0 Å². The highest BCUT2D eigenvalue weighted by molar-refractivity contribution is 9.10. The standard InChI is InChI=1S/C12H11BrClN3O2S/c13-7-4-5-8(14)10(6-7)17-9-2-1-3-11(12(9)15)20(16,18)19/h1-6,17H,15H2,(H2,16,18,19). The lowest BCUT2D eigenvalue weighted by Gasteiger charge is -2.13. The Morgan fingerprint density at radius 1 is 1.15 bits per heavy atom. The van der Waals surface area contributed by atoms with Crippen molar-refractivity contribution in [2.75, 3.05) is 11.1 Å². The molecule has 0 aliphatic heterocycles. The number of benzene rings is 2. The zero-order valence-electron chi connectivity index (χ0n) is 10.1. The molecule has 0 saturated heterocycles. The Morgan fingerprint density at radius 3 is 2.50 bits per heavy atom. The molecule has 0 aliphatic carbocycles. The lowest BCUT2D eigenvalue weighted by Crippen LogP contribution is -2.15. The number of nitrogen functional groups attached to an aromatic ring is 1. The number of rotatable bonds is 3. The molecule has 0 spiro atoms. The number of para-hydroxylation sites is 1. The summed E-state index contributed by atoms with van der Waals surface area (Å²) in [5, 5.41) is 8.57. The zero-order chi connectivity index (χ0) is 14.9. The third-order valence-corrected chi connectivity index (χ3v) is 4.36. The van der Waals surface area contributed by atoms with Crippen molar-refractivity contribution >= 4 is 54.6 Å². The monoisotopic (exact) mass is 375 g/mol. The molecule has 0 unspecified atom stereocenters. The summed E-state index contributed by atoms with van der Waals surface area (Å²) in [7, 11) is -3.87. The first kappa shape index (κ1) is 15.1. The van der Waals surface area contributed by atoms with Crippen molar-refractivity contribution in [1.82, 2.24) is 0 Å². The maximum atomic E-state index is 11.4. The van der Waals surface area contributed by atoms with Crippen molar-refractivity contribution in [1.29, 1.82) is 0 Å². The fourth-order valence-corrected chi connectivity index (χ4v) is 2.85. The predicted molar refractivity (Wildman–Crippen MR) is 84.7 cm³/mol. The Hall–Kier alpha value is -1.28. The molecule has 5 nitrogen and oxygen atoms in total. The second-order valence-electron chi connectivity index (χ2n) is 4.01. The van der Waals surface area contributed by atoms with Crippen molar-refractivity contribution in [3.05, 3.63) is 45.9 Å². The summed E-state index contributed by atoms with van der Waals surface area (Å²) in [6.07, 6.45) is 0. The van der Waals surface area contributed by atoms with Crippen molar-refractivity contribution in [3.63, 3.8) is 0 Å². The van der Waals surface area contributed by atoms with E-state index in [0.717, 1.165) is 4.47 Å². The van der Waals surface area contributed by atoms with E-state index in [1.54, 1.807) is 30.3 Å². The Labute approximate surface area is 130 Å². The number of nitrogens with two attached hydrogens (primary N) is 2. The van der Waals surface area contributed by atoms with Gasteiger partial charge in [0.05, 0.1) is 22.1 Å². The van der Waals surface area contributed by atoms with E-state index in [9.17, 15) is 8.42 Å². The van der Waals surface area contributed by atoms with Crippen LogP contribution in [-0.2, 0) is 10.0 Å². The van der Waals surface area contributed by atoms with Gasteiger partial charge in [-0.1, -0.05) is 33.6 Å². The van der Waals surface area contributed by atoms with Crippen LogP contribution < -0.4 is 16.2 Å². The molecular formula is C12H11BrClN3O2S. The average molecular weight is 377 g/mol. The maximum Gasteiger partial charge on any atom is 0.240 e. The molecule has 0 aromatic heterocycles. The minimum atomic E-state index is -3.87. The summed E-state index contributed by atoms with van der Waals surface area (Å²) in [5.74, 6) is 0.